The molecule has 0 radical (unpaired) electrons. The van der Waals surface area contributed by atoms with Crippen LogP contribution in [-0.4, -0.2) is 22.9 Å². The highest BCUT2D eigenvalue weighted by atomic mass is 16.7. The molecule has 176 valence electrons. The number of carboxylic acid groups (broad SMARTS) is 1. The number of rotatable bonds is 8. The van der Waals surface area contributed by atoms with Gasteiger partial charge in [-0.05, 0) is 54.3 Å². The molecule has 2 N–H and O–H groups in total. The van der Waals surface area contributed by atoms with Gasteiger partial charge in [0.25, 0.3) is 0 Å². The molecule has 0 aliphatic rings. The Morgan fingerprint density at radius 2 is 1.57 bits per heavy atom. The molecule has 0 amide bonds. The van der Waals surface area contributed by atoms with E-state index in [2.05, 4.69) is 48.3 Å². The zero-order chi connectivity index (χ0) is 24.2. The monoisotopic (exact) mass is 465 g/mol. The van der Waals surface area contributed by atoms with Crippen molar-refractivity contribution < 1.29 is 19.4 Å². The van der Waals surface area contributed by atoms with E-state index >= 15 is 0 Å². The molecule has 5 heteroatoms. The third-order valence-corrected chi connectivity index (χ3v) is 6.40. The third kappa shape index (κ3) is 4.85. The lowest BCUT2D eigenvalue weighted by atomic mass is 9.98. The van der Waals surface area contributed by atoms with Crippen molar-refractivity contribution in [2.75, 3.05) is 6.61 Å². The highest BCUT2D eigenvalue weighted by Crippen LogP contribution is 2.33. The Labute approximate surface area is 203 Å². The van der Waals surface area contributed by atoms with E-state index in [4.69, 9.17) is 9.47 Å². The summed E-state index contributed by atoms with van der Waals surface area (Å²) in [5.74, 6) is 1.14. The number of nitrogens with one attached hydrogen (secondary N) is 1. The maximum atomic E-state index is 11.4. The van der Waals surface area contributed by atoms with E-state index in [1.54, 1.807) is 0 Å². The molecule has 4 aromatic carbocycles. The van der Waals surface area contributed by atoms with Crippen LogP contribution in [0, 0.1) is 6.92 Å². The first-order chi connectivity index (χ1) is 17.1. The van der Waals surface area contributed by atoms with Crippen molar-refractivity contribution in [1.82, 2.24) is 4.98 Å². The molecule has 0 aliphatic carbocycles. The highest BCUT2D eigenvalue weighted by molar-refractivity contribution is 5.90. The molecular formula is C30H27NO4. The van der Waals surface area contributed by atoms with E-state index in [0.29, 0.717) is 19.4 Å². The fourth-order valence-corrected chi connectivity index (χ4v) is 4.65. The minimum atomic E-state index is -1.33. The zero-order valence-corrected chi connectivity index (χ0v) is 19.6. The Hall–Kier alpha value is -4.25. The van der Waals surface area contributed by atoms with Crippen molar-refractivity contribution in [3.8, 4) is 11.6 Å². The molecule has 0 bridgehead atoms. The lowest BCUT2D eigenvalue weighted by Crippen LogP contribution is -2.06. The van der Waals surface area contributed by atoms with Crippen molar-refractivity contribution in [2.24, 2.45) is 0 Å². The van der Waals surface area contributed by atoms with Gasteiger partial charge in [0, 0.05) is 16.3 Å². The Balaban J connectivity index is 1.38. The summed E-state index contributed by atoms with van der Waals surface area (Å²) in [6.45, 7) is 2.61. The van der Waals surface area contributed by atoms with Crippen molar-refractivity contribution in [2.45, 2.75) is 26.2 Å². The van der Waals surface area contributed by atoms with Crippen LogP contribution in [0.2, 0.25) is 0 Å². The van der Waals surface area contributed by atoms with E-state index in [1.807, 2.05) is 48.5 Å². The van der Waals surface area contributed by atoms with Gasteiger partial charge in [0.1, 0.15) is 5.75 Å². The maximum Gasteiger partial charge on any atom is 0.512 e. The number of aromatic nitrogens is 1. The second kappa shape index (κ2) is 9.94. The zero-order valence-electron chi connectivity index (χ0n) is 19.6. The van der Waals surface area contributed by atoms with Gasteiger partial charge in [-0.25, -0.2) is 4.79 Å². The van der Waals surface area contributed by atoms with E-state index < -0.39 is 6.16 Å². The van der Waals surface area contributed by atoms with Gasteiger partial charge < -0.3 is 19.6 Å². The van der Waals surface area contributed by atoms with E-state index in [0.717, 1.165) is 45.0 Å². The smallest absolute Gasteiger partial charge is 0.493 e. The lowest BCUT2D eigenvalue weighted by Gasteiger charge is -2.10. The van der Waals surface area contributed by atoms with Gasteiger partial charge in [0.2, 0.25) is 5.88 Å². The van der Waals surface area contributed by atoms with Crippen LogP contribution in [0.5, 0.6) is 11.6 Å². The molecule has 0 aliphatic heterocycles. The summed E-state index contributed by atoms with van der Waals surface area (Å²) in [4.78, 5) is 14.6. The summed E-state index contributed by atoms with van der Waals surface area (Å²) < 4.78 is 11.3. The topological polar surface area (TPSA) is 71.6 Å². The normalized spacial score (nSPS) is 11.1. The molecule has 35 heavy (non-hydrogen) atoms. The Morgan fingerprint density at radius 1 is 0.857 bits per heavy atom. The SMILES string of the molecule is Cc1ccccc1Cc1cccc2c(CCCOc3cccc4ccccc34)c(OC(=O)O)[nH]c12. The summed E-state index contributed by atoms with van der Waals surface area (Å²) in [7, 11) is 0. The van der Waals surface area contributed by atoms with Crippen molar-refractivity contribution in [3.05, 3.63) is 107 Å². The second-order valence-corrected chi connectivity index (χ2v) is 8.67. The first-order valence-electron chi connectivity index (χ1n) is 11.8. The molecule has 1 heterocycles. The number of hydrogen-bond acceptors (Lipinski definition) is 3. The minimum absolute atomic E-state index is 0.287. The summed E-state index contributed by atoms with van der Waals surface area (Å²) in [5, 5.41) is 12.5. The predicted octanol–water partition coefficient (Wildman–Crippen LogP) is 7.29. The Bertz CT molecular complexity index is 1500. The first kappa shape index (κ1) is 22.5. The molecule has 1 aromatic heterocycles. The number of hydrogen-bond donors (Lipinski definition) is 2. The third-order valence-electron chi connectivity index (χ3n) is 6.40. The minimum Gasteiger partial charge on any atom is -0.493 e. The predicted molar refractivity (Wildman–Crippen MR) is 139 cm³/mol. The van der Waals surface area contributed by atoms with Crippen LogP contribution in [0.4, 0.5) is 4.79 Å². The molecule has 0 atom stereocenters. The van der Waals surface area contributed by atoms with Crippen LogP contribution in [0.1, 0.15) is 28.7 Å². The number of para-hydroxylation sites is 1. The summed E-state index contributed by atoms with van der Waals surface area (Å²) >= 11 is 0. The van der Waals surface area contributed by atoms with Gasteiger partial charge in [-0.2, -0.15) is 0 Å². The van der Waals surface area contributed by atoms with Crippen LogP contribution in [0.3, 0.4) is 0 Å². The van der Waals surface area contributed by atoms with Crippen LogP contribution in [0.15, 0.2) is 84.9 Å². The van der Waals surface area contributed by atoms with Crippen LogP contribution >= 0.6 is 0 Å². The second-order valence-electron chi connectivity index (χ2n) is 8.67. The Kier molecular flexibility index (Phi) is 6.40. The van der Waals surface area contributed by atoms with Gasteiger partial charge in [-0.15, -0.1) is 0 Å². The van der Waals surface area contributed by atoms with E-state index in [-0.39, 0.29) is 5.88 Å². The largest absolute Gasteiger partial charge is 0.512 e. The van der Waals surface area contributed by atoms with Gasteiger partial charge in [0.05, 0.1) is 12.1 Å². The number of H-pyrrole nitrogens is 1. The van der Waals surface area contributed by atoms with Crippen LogP contribution in [-0.2, 0) is 12.8 Å². The molecule has 5 aromatic rings. The summed E-state index contributed by atoms with van der Waals surface area (Å²) in [6.07, 6.45) is 0.765. The van der Waals surface area contributed by atoms with E-state index in [1.165, 1.54) is 11.1 Å². The molecular weight excluding hydrogens is 438 g/mol. The number of aromatic amines is 1. The van der Waals surface area contributed by atoms with Gasteiger partial charge in [0.15, 0.2) is 0 Å². The molecule has 0 saturated heterocycles. The first-order valence-corrected chi connectivity index (χ1v) is 11.8. The number of ether oxygens (including phenoxy) is 2. The van der Waals surface area contributed by atoms with E-state index in [9.17, 15) is 9.90 Å². The highest BCUT2D eigenvalue weighted by Gasteiger charge is 2.18. The standard InChI is InChI=1S/C30H27NO4/c1-20-9-2-3-11-22(20)19-23-13-6-15-25-26(29(31-28(23)25)35-30(32)33)16-8-18-34-27-17-7-12-21-10-4-5-14-24(21)27/h2-7,9-15,17,31H,8,16,18-19H2,1H3,(H,32,33). The molecule has 0 fully saturated rings. The van der Waals surface area contributed by atoms with Gasteiger partial charge in [-0.3, -0.25) is 0 Å². The quantitative estimate of drug-likeness (QED) is 0.186. The fraction of sp³-hybridized carbons (Fsp3) is 0.167. The number of benzene rings is 4. The molecule has 0 saturated carbocycles. The maximum absolute atomic E-state index is 11.4. The van der Waals surface area contributed by atoms with Gasteiger partial charge >= 0.3 is 6.16 Å². The van der Waals surface area contributed by atoms with Crippen molar-refractivity contribution in [1.29, 1.82) is 0 Å². The van der Waals surface area contributed by atoms with Crippen molar-refractivity contribution in [3.63, 3.8) is 0 Å². The molecule has 0 unspecified atom stereocenters. The van der Waals surface area contributed by atoms with Crippen molar-refractivity contribution >= 4 is 27.8 Å². The van der Waals surface area contributed by atoms with Crippen LogP contribution in [0.25, 0.3) is 21.7 Å². The van der Waals surface area contributed by atoms with Crippen LogP contribution < -0.4 is 9.47 Å². The molecule has 0 spiro atoms. The molecule has 5 nitrogen and oxygen atoms in total. The average Bonchev–Trinajstić information content (AvgIpc) is 3.20. The fourth-order valence-electron chi connectivity index (χ4n) is 4.65. The summed E-state index contributed by atoms with van der Waals surface area (Å²) in [5.41, 5.74) is 5.34. The molecule has 5 rings (SSSR count). The lowest BCUT2D eigenvalue weighted by molar-refractivity contribution is 0.142. The Morgan fingerprint density at radius 3 is 2.43 bits per heavy atom. The number of carbonyl (C=O) groups is 1. The summed E-state index contributed by atoms with van der Waals surface area (Å²) in [6, 6.07) is 28.6. The average molecular weight is 466 g/mol. The van der Waals surface area contributed by atoms with Gasteiger partial charge in [-0.1, -0.05) is 78.9 Å². The number of aryl methyl sites for hydroxylation is 2. The number of fused-ring (bicyclic) bond motifs is 2.